The van der Waals surface area contributed by atoms with Crippen LogP contribution in [0.5, 0.6) is 0 Å². The van der Waals surface area contributed by atoms with Crippen LogP contribution in [0, 0.1) is 5.92 Å². The van der Waals surface area contributed by atoms with Crippen molar-refractivity contribution in [2.75, 3.05) is 38.0 Å². The van der Waals surface area contributed by atoms with Crippen molar-refractivity contribution < 1.29 is 27.9 Å². The van der Waals surface area contributed by atoms with Crippen LogP contribution in [0.3, 0.4) is 0 Å². The quantitative estimate of drug-likeness (QED) is 0.467. The zero-order valence-corrected chi connectivity index (χ0v) is 21.9. The fraction of sp³-hybridized carbons (Fsp3) is 0.500. The van der Waals surface area contributed by atoms with Gasteiger partial charge in [0.1, 0.15) is 0 Å². The molecular formula is C28H38F3N3O3. The van der Waals surface area contributed by atoms with E-state index < -0.39 is 12.1 Å². The third-order valence-corrected chi connectivity index (χ3v) is 6.19. The van der Waals surface area contributed by atoms with Gasteiger partial charge in [-0.2, -0.15) is 13.2 Å². The molecule has 0 spiro atoms. The molecule has 204 valence electrons. The molecule has 0 atom stereocenters. The molecule has 1 saturated heterocycles. The average Bonchev–Trinajstić information content (AvgIpc) is 3.08. The molecule has 0 bridgehead atoms. The maximum atomic E-state index is 12.5. The van der Waals surface area contributed by atoms with Crippen molar-refractivity contribution in [1.82, 2.24) is 9.80 Å². The van der Waals surface area contributed by atoms with Crippen LogP contribution in [-0.2, 0) is 17.8 Å². The van der Waals surface area contributed by atoms with Gasteiger partial charge in [-0.05, 0) is 80.2 Å². The molecule has 0 aromatic heterocycles. The van der Waals surface area contributed by atoms with Gasteiger partial charge in [0.15, 0.2) is 0 Å². The first kappa shape index (κ1) is 30.3. The van der Waals surface area contributed by atoms with Crippen molar-refractivity contribution in [1.29, 1.82) is 0 Å². The van der Waals surface area contributed by atoms with E-state index in [1.54, 1.807) is 0 Å². The lowest BCUT2D eigenvalue weighted by Crippen LogP contribution is -2.31. The van der Waals surface area contributed by atoms with Gasteiger partial charge in [-0.3, -0.25) is 9.69 Å². The molecule has 0 saturated carbocycles. The number of hydrogen-bond donors (Lipinski definition) is 2. The number of nitrogens with one attached hydrogen (secondary N) is 1. The maximum absolute atomic E-state index is 12.5. The topological polar surface area (TPSA) is 72.9 Å². The predicted octanol–water partition coefficient (Wildman–Crippen LogP) is 5.69. The van der Waals surface area contributed by atoms with E-state index >= 15 is 0 Å². The van der Waals surface area contributed by atoms with E-state index in [-0.39, 0.29) is 5.91 Å². The molecule has 6 nitrogen and oxygen atoms in total. The van der Waals surface area contributed by atoms with Gasteiger partial charge < -0.3 is 15.3 Å². The number of benzene rings is 2. The zero-order valence-electron chi connectivity index (χ0n) is 21.9. The Labute approximate surface area is 217 Å². The van der Waals surface area contributed by atoms with Gasteiger partial charge in [0, 0.05) is 30.9 Å². The number of carboxylic acids is 1. The molecule has 1 amide bonds. The first-order valence-electron chi connectivity index (χ1n) is 12.7. The molecular weight excluding hydrogens is 483 g/mol. The third kappa shape index (κ3) is 11.3. The number of nitrogens with zero attached hydrogens (tertiary/aromatic N) is 2. The number of aryl methyl sites for hydroxylation is 1. The standard InChI is InChI=1S/C26H37N3O.C2HF3O2/c1-4-22-8-12-25(13-9-22)27-26(30)24-10-6-23(7-11-24)20-29-16-5-15-28(18-19-29)17-14-21(2)3;3-2(4,5)1(6)7/h6-13,21H,4-5,14-20H2,1-3H3,(H,27,30);(H,6,7). The number of rotatable bonds is 8. The summed E-state index contributed by atoms with van der Waals surface area (Å²) in [7, 11) is 0. The Bertz CT molecular complexity index is 977. The number of alkyl halides is 3. The molecule has 2 N–H and O–H groups in total. The number of carboxylic acid groups (broad SMARTS) is 1. The lowest BCUT2D eigenvalue weighted by molar-refractivity contribution is -0.192. The van der Waals surface area contributed by atoms with E-state index in [1.165, 1.54) is 37.1 Å². The number of anilines is 1. The summed E-state index contributed by atoms with van der Waals surface area (Å²) in [5.41, 5.74) is 4.09. The smallest absolute Gasteiger partial charge is 0.475 e. The minimum Gasteiger partial charge on any atom is -0.475 e. The molecule has 0 radical (unpaired) electrons. The van der Waals surface area contributed by atoms with Gasteiger partial charge in [0.25, 0.3) is 5.91 Å². The second kappa shape index (κ2) is 14.7. The summed E-state index contributed by atoms with van der Waals surface area (Å²) < 4.78 is 31.7. The van der Waals surface area contributed by atoms with Crippen molar-refractivity contribution in [2.24, 2.45) is 5.92 Å². The second-order valence-corrected chi connectivity index (χ2v) is 9.66. The van der Waals surface area contributed by atoms with Crippen molar-refractivity contribution in [2.45, 2.75) is 52.8 Å². The van der Waals surface area contributed by atoms with Crippen LogP contribution in [-0.4, -0.2) is 65.7 Å². The molecule has 2 aromatic carbocycles. The fourth-order valence-corrected chi connectivity index (χ4v) is 3.89. The molecule has 0 unspecified atom stereocenters. The Balaban J connectivity index is 0.000000604. The summed E-state index contributed by atoms with van der Waals surface area (Å²) in [5.74, 6) is -2.04. The second-order valence-electron chi connectivity index (χ2n) is 9.66. The van der Waals surface area contributed by atoms with Crippen LogP contribution in [0.2, 0.25) is 0 Å². The summed E-state index contributed by atoms with van der Waals surface area (Å²) in [6, 6.07) is 16.1. The van der Waals surface area contributed by atoms with Crippen molar-refractivity contribution in [3.8, 4) is 0 Å². The van der Waals surface area contributed by atoms with E-state index in [1.807, 2.05) is 24.3 Å². The summed E-state index contributed by atoms with van der Waals surface area (Å²) in [6.07, 6.45) is -1.57. The Morgan fingerprint density at radius 2 is 1.46 bits per heavy atom. The van der Waals surface area contributed by atoms with E-state index in [4.69, 9.17) is 9.90 Å². The van der Waals surface area contributed by atoms with Crippen molar-refractivity contribution in [3.05, 3.63) is 65.2 Å². The monoisotopic (exact) mass is 521 g/mol. The van der Waals surface area contributed by atoms with Crippen LogP contribution in [0.25, 0.3) is 0 Å². The van der Waals surface area contributed by atoms with Gasteiger partial charge in [-0.1, -0.05) is 45.0 Å². The van der Waals surface area contributed by atoms with E-state index in [0.717, 1.165) is 44.2 Å². The largest absolute Gasteiger partial charge is 0.490 e. The van der Waals surface area contributed by atoms with Crippen LogP contribution in [0.1, 0.15) is 55.1 Å². The highest BCUT2D eigenvalue weighted by Crippen LogP contribution is 2.15. The van der Waals surface area contributed by atoms with Crippen molar-refractivity contribution >= 4 is 17.6 Å². The molecule has 9 heteroatoms. The lowest BCUT2D eigenvalue weighted by atomic mass is 10.1. The van der Waals surface area contributed by atoms with Gasteiger partial charge in [-0.15, -0.1) is 0 Å². The number of aliphatic carboxylic acids is 1. The van der Waals surface area contributed by atoms with Gasteiger partial charge in [0.05, 0.1) is 0 Å². The van der Waals surface area contributed by atoms with Crippen LogP contribution >= 0.6 is 0 Å². The van der Waals surface area contributed by atoms with E-state index in [9.17, 15) is 18.0 Å². The van der Waals surface area contributed by atoms with Gasteiger partial charge >= 0.3 is 12.1 Å². The highest BCUT2D eigenvalue weighted by atomic mass is 19.4. The highest BCUT2D eigenvalue weighted by molar-refractivity contribution is 6.04. The summed E-state index contributed by atoms with van der Waals surface area (Å²) in [6.45, 7) is 13.5. The molecule has 1 aliphatic heterocycles. The molecule has 1 fully saturated rings. The highest BCUT2D eigenvalue weighted by Gasteiger charge is 2.38. The summed E-state index contributed by atoms with van der Waals surface area (Å²) in [4.78, 5) is 26.6. The predicted molar refractivity (Wildman–Crippen MR) is 140 cm³/mol. The zero-order chi connectivity index (χ0) is 27.4. The summed E-state index contributed by atoms with van der Waals surface area (Å²) >= 11 is 0. The Hall–Kier alpha value is -2.91. The summed E-state index contributed by atoms with van der Waals surface area (Å²) in [5, 5.41) is 10.1. The molecule has 3 rings (SSSR count). The molecule has 37 heavy (non-hydrogen) atoms. The number of carbonyl (C=O) groups excluding carboxylic acids is 1. The minimum absolute atomic E-state index is 0.0543. The van der Waals surface area contributed by atoms with Gasteiger partial charge in [-0.25, -0.2) is 4.79 Å². The van der Waals surface area contributed by atoms with Gasteiger partial charge in [0.2, 0.25) is 0 Å². The fourth-order valence-electron chi connectivity index (χ4n) is 3.89. The first-order valence-corrected chi connectivity index (χ1v) is 12.7. The normalized spacial score (nSPS) is 15.0. The van der Waals surface area contributed by atoms with E-state index in [2.05, 4.69) is 60.2 Å². The first-order chi connectivity index (χ1) is 17.5. The maximum Gasteiger partial charge on any atom is 0.490 e. The minimum atomic E-state index is -5.08. The lowest BCUT2D eigenvalue weighted by Gasteiger charge is -2.22. The average molecular weight is 522 g/mol. The Morgan fingerprint density at radius 1 is 0.919 bits per heavy atom. The molecule has 1 heterocycles. The Morgan fingerprint density at radius 3 is 2.00 bits per heavy atom. The van der Waals surface area contributed by atoms with Crippen molar-refractivity contribution in [3.63, 3.8) is 0 Å². The molecule has 2 aromatic rings. The number of halogens is 3. The van der Waals surface area contributed by atoms with E-state index in [0.29, 0.717) is 5.56 Å². The number of hydrogen-bond acceptors (Lipinski definition) is 4. The Kier molecular flexibility index (Phi) is 12.1. The molecule has 0 aliphatic carbocycles. The number of carbonyl (C=O) groups is 2. The van der Waals surface area contributed by atoms with Crippen LogP contribution in [0.15, 0.2) is 48.5 Å². The van der Waals surface area contributed by atoms with Crippen LogP contribution < -0.4 is 5.32 Å². The molecule has 1 aliphatic rings. The van der Waals surface area contributed by atoms with Crippen LogP contribution in [0.4, 0.5) is 18.9 Å². The third-order valence-electron chi connectivity index (χ3n) is 6.19. The SMILES string of the molecule is CCc1ccc(NC(=O)c2ccc(CN3CCCN(CCC(C)C)CC3)cc2)cc1.O=C(O)C(F)(F)F. The number of amides is 1.